The molecule has 0 heterocycles. The van der Waals surface area contributed by atoms with Crippen LogP contribution >= 0.6 is 0 Å². The van der Waals surface area contributed by atoms with Crippen molar-refractivity contribution in [1.29, 1.82) is 0 Å². The van der Waals surface area contributed by atoms with Gasteiger partial charge in [-0.3, -0.25) is 0 Å². The monoisotopic (exact) mass is 235 g/mol. The molecule has 0 aromatic rings. The van der Waals surface area contributed by atoms with Crippen LogP contribution < -0.4 is 4.39 Å². The minimum atomic E-state index is -3.02. The lowest BCUT2D eigenvalue weighted by Gasteiger charge is -2.36. The second kappa shape index (κ2) is 3.32. The summed E-state index contributed by atoms with van der Waals surface area (Å²) in [5.74, 6) is 0. The Morgan fingerprint density at radius 2 is 1.64 bits per heavy atom. The van der Waals surface area contributed by atoms with Gasteiger partial charge in [-0.25, -0.2) is 12.8 Å². The van der Waals surface area contributed by atoms with E-state index in [4.69, 9.17) is 0 Å². The van der Waals surface area contributed by atoms with Crippen LogP contribution in [0.5, 0.6) is 0 Å². The van der Waals surface area contributed by atoms with Gasteiger partial charge in [0.15, 0.2) is 0 Å². The fourth-order valence-corrected chi connectivity index (χ4v) is 6.46. The number of hydrogen-bond donors (Lipinski definition) is 1. The zero-order valence-electron chi connectivity index (χ0n) is 9.72. The molecule has 0 bridgehead atoms. The third-order valence-corrected chi connectivity index (χ3v) is 11.5. The molecular weight excluding hydrogens is 214 g/mol. The molecular formula is C9H21NO2SSi. The highest BCUT2D eigenvalue weighted by atomic mass is 32.2. The highest BCUT2D eigenvalue weighted by molar-refractivity contribution is 7.91. The van der Waals surface area contributed by atoms with Crippen molar-refractivity contribution in [3.05, 3.63) is 0 Å². The predicted octanol–water partition coefficient (Wildman–Crippen LogP) is 2.07. The second-order valence-corrected chi connectivity index (χ2v) is 13.0. The van der Waals surface area contributed by atoms with Crippen molar-refractivity contribution in [2.45, 2.75) is 57.0 Å². The lowest BCUT2D eigenvalue weighted by molar-refractivity contribution is 0.588. The first-order valence-corrected chi connectivity index (χ1v) is 9.64. The van der Waals surface area contributed by atoms with Crippen LogP contribution in [0.1, 0.15) is 33.6 Å². The Hall–Kier alpha value is 0.127. The van der Waals surface area contributed by atoms with Crippen LogP contribution in [0.2, 0.25) is 18.1 Å². The average molecular weight is 235 g/mol. The molecule has 1 fully saturated rings. The fraction of sp³-hybridized carbons (Fsp3) is 1.00. The molecule has 84 valence electrons. The van der Waals surface area contributed by atoms with E-state index in [1.807, 2.05) is 0 Å². The zero-order valence-corrected chi connectivity index (χ0v) is 11.5. The van der Waals surface area contributed by atoms with Crippen molar-refractivity contribution < 1.29 is 8.42 Å². The van der Waals surface area contributed by atoms with Crippen LogP contribution in [0.25, 0.3) is 0 Å². The fourth-order valence-electron chi connectivity index (χ4n) is 0.970. The van der Waals surface area contributed by atoms with Crippen molar-refractivity contribution in [2.75, 3.05) is 0 Å². The zero-order chi connectivity index (χ0) is 11.2. The van der Waals surface area contributed by atoms with E-state index >= 15 is 0 Å². The van der Waals surface area contributed by atoms with Crippen molar-refractivity contribution >= 4 is 18.3 Å². The van der Waals surface area contributed by atoms with Gasteiger partial charge in [-0.2, -0.15) is 0 Å². The summed E-state index contributed by atoms with van der Waals surface area (Å²) in [6.07, 6.45) is 1.67. The number of rotatable bonds is 3. The van der Waals surface area contributed by atoms with Crippen molar-refractivity contribution in [3.8, 4) is 0 Å². The molecule has 1 saturated carbocycles. The summed E-state index contributed by atoms with van der Waals surface area (Å²) in [5, 5.41) is -0.0359. The van der Waals surface area contributed by atoms with E-state index < -0.39 is 18.3 Å². The summed E-state index contributed by atoms with van der Waals surface area (Å²) < 4.78 is 26.5. The highest BCUT2D eigenvalue weighted by Crippen LogP contribution is 2.36. The minimum absolute atomic E-state index is 0.0644. The molecule has 1 aliphatic rings. The smallest absolute Gasteiger partial charge is 0.208 e. The maximum absolute atomic E-state index is 11.8. The standard InChI is InChI=1S/C9H21NO2SSi/c1-9(2,3)14(4,5)10-13(11,12)8-6-7-8/h8,10H,6-7H2,1-5H3. The van der Waals surface area contributed by atoms with Crippen molar-refractivity contribution in [1.82, 2.24) is 4.39 Å². The molecule has 0 radical (unpaired) electrons. The van der Waals surface area contributed by atoms with Gasteiger partial charge < -0.3 is 0 Å². The molecule has 0 aliphatic heterocycles. The molecule has 0 aromatic heterocycles. The van der Waals surface area contributed by atoms with Crippen LogP contribution in [0, 0.1) is 0 Å². The summed E-state index contributed by atoms with van der Waals surface area (Å²) in [6, 6.07) is 0. The van der Waals surface area contributed by atoms with Gasteiger partial charge in [-0.15, -0.1) is 0 Å². The van der Waals surface area contributed by atoms with Gasteiger partial charge in [-0.05, 0) is 17.9 Å². The van der Waals surface area contributed by atoms with Crippen LogP contribution in [-0.4, -0.2) is 21.9 Å². The van der Waals surface area contributed by atoms with Crippen LogP contribution in [0.15, 0.2) is 0 Å². The van der Waals surface area contributed by atoms with E-state index in [0.717, 1.165) is 12.8 Å². The summed E-state index contributed by atoms with van der Waals surface area (Å²) in [7, 11) is -4.92. The van der Waals surface area contributed by atoms with Gasteiger partial charge in [0.2, 0.25) is 10.0 Å². The minimum Gasteiger partial charge on any atom is -0.237 e. The molecule has 3 nitrogen and oxygen atoms in total. The topological polar surface area (TPSA) is 46.2 Å². The first-order valence-electron chi connectivity index (χ1n) is 5.09. The lowest BCUT2D eigenvalue weighted by Crippen LogP contribution is -2.55. The number of hydrogen-bond acceptors (Lipinski definition) is 2. The maximum Gasteiger partial charge on any atom is 0.208 e. The van der Waals surface area contributed by atoms with E-state index in [-0.39, 0.29) is 10.3 Å². The molecule has 0 aromatic carbocycles. The predicted molar refractivity (Wildman–Crippen MR) is 62.3 cm³/mol. The van der Waals surface area contributed by atoms with Crippen LogP contribution in [0.4, 0.5) is 0 Å². The number of nitrogens with one attached hydrogen (secondary N) is 1. The lowest BCUT2D eigenvalue weighted by atomic mass is 10.2. The van der Waals surface area contributed by atoms with E-state index in [1.54, 1.807) is 0 Å². The largest absolute Gasteiger partial charge is 0.237 e. The Morgan fingerprint density at radius 1 is 1.21 bits per heavy atom. The molecule has 14 heavy (non-hydrogen) atoms. The van der Waals surface area contributed by atoms with Gasteiger partial charge in [0.05, 0.1) is 5.25 Å². The summed E-state index contributed by atoms with van der Waals surface area (Å²) in [5.41, 5.74) is 0. The molecule has 1 N–H and O–H groups in total. The first kappa shape index (κ1) is 12.2. The van der Waals surface area contributed by atoms with E-state index in [0.29, 0.717) is 0 Å². The van der Waals surface area contributed by atoms with Gasteiger partial charge in [0, 0.05) is 0 Å². The second-order valence-electron chi connectivity index (χ2n) is 5.72. The first-order chi connectivity index (χ1) is 6.06. The SMILES string of the molecule is CC(C)(C)[Si](C)(C)NS(=O)(=O)C1CC1. The molecule has 5 heteroatoms. The Labute approximate surface area is 88.4 Å². The summed E-state index contributed by atoms with van der Waals surface area (Å²) >= 11 is 0. The van der Waals surface area contributed by atoms with Crippen molar-refractivity contribution in [3.63, 3.8) is 0 Å². The Kier molecular flexibility index (Phi) is 2.89. The molecule has 0 spiro atoms. The van der Waals surface area contributed by atoms with E-state index in [1.165, 1.54) is 0 Å². The van der Waals surface area contributed by atoms with Gasteiger partial charge in [0.1, 0.15) is 8.24 Å². The maximum atomic E-state index is 11.8. The molecule has 0 amide bonds. The Bertz CT molecular complexity index is 312. The van der Waals surface area contributed by atoms with Gasteiger partial charge >= 0.3 is 0 Å². The van der Waals surface area contributed by atoms with Crippen molar-refractivity contribution in [2.24, 2.45) is 0 Å². The van der Waals surface area contributed by atoms with Crippen LogP contribution in [-0.2, 0) is 10.0 Å². The average Bonchev–Trinajstić information content (AvgIpc) is 2.59. The Morgan fingerprint density at radius 3 is 1.93 bits per heavy atom. The molecule has 1 aliphatic carbocycles. The van der Waals surface area contributed by atoms with Gasteiger partial charge in [0.25, 0.3) is 0 Å². The Balaban J connectivity index is 2.77. The molecule has 0 atom stereocenters. The quantitative estimate of drug-likeness (QED) is 0.761. The van der Waals surface area contributed by atoms with E-state index in [2.05, 4.69) is 38.3 Å². The van der Waals surface area contributed by atoms with Crippen LogP contribution in [0.3, 0.4) is 0 Å². The third kappa shape index (κ3) is 2.58. The van der Waals surface area contributed by atoms with E-state index in [9.17, 15) is 8.42 Å². The summed E-state index contributed by atoms with van der Waals surface area (Å²) in [6.45, 7) is 10.5. The molecule has 0 saturated heterocycles. The third-order valence-electron chi connectivity index (χ3n) is 3.24. The highest BCUT2D eigenvalue weighted by Gasteiger charge is 2.44. The normalized spacial score (nSPS) is 19.8. The summed E-state index contributed by atoms with van der Waals surface area (Å²) in [4.78, 5) is 0. The number of sulfonamides is 1. The van der Waals surface area contributed by atoms with Gasteiger partial charge in [-0.1, -0.05) is 33.9 Å². The molecule has 1 rings (SSSR count). The molecule has 0 unspecified atom stereocenters.